The molecule has 5 nitrogen and oxygen atoms in total. The van der Waals surface area contributed by atoms with Crippen LogP contribution in [-0.2, 0) is 10.0 Å². The predicted molar refractivity (Wildman–Crippen MR) is 49.4 cm³/mol. The van der Waals surface area contributed by atoms with Crippen LogP contribution in [0.2, 0.25) is 0 Å². The molecule has 6 heteroatoms. The number of nitrogens with zero attached hydrogens (tertiary/aromatic N) is 2. The molecule has 0 spiro atoms. The lowest BCUT2D eigenvalue weighted by Crippen LogP contribution is -2.42. The maximum absolute atomic E-state index is 11.0. The van der Waals surface area contributed by atoms with Gasteiger partial charge in [-0.3, -0.25) is 4.99 Å². The van der Waals surface area contributed by atoms with E-state index in [1.165, 1.54) is 6.34 Å². The topological polar surface area (TPSA) is 75.8 Å². The van der Waals surface area contributed by atoms with Crippen molar-refractivity contribution in [3.63, 3.8) is 0 Å². The number of hydrogen-bond donors (Lipinski definition) is 1. The van der Waals surface area contributed by atoms with Crippen LogP contribution in [0.25, 0.3) is 0 Å². The highest BCUT2D eigenvalue weighted by molar-refractivity contribution is 7.88. The van der Waals surface area contributed by atoms with Gasteiger partial charge < -0.3 is 5.73 Å². The van der Waals surface area contributed by atoms with Crippen LogP contribution in [0, 0.1) is 0 Å². The quantitative estimate of drug-likeness (QED) is 0.375. The summed E-state index contributed by atoms with van der Waals surface area (Å²) in [4.78, 5) is 3.80. The van der Waals surface area contributed by atoms with Gasteiger partial charge in [0.25, 0.3) is 0 Å². The van der Waals surface area contributed by atoms with E-state index in [0.717, 1.165) is 10.6 Å². The summed E-state index contributed by atoms with van der Waals surface area (Å²) in [5.74, 6) is 0. The molecule has 0 aliphatic heterocycles. The third-order valence-corrected chi connectivity index (χ3v) is 2.36. The molecule has 0 aliphatic carbocycles. The van der Waals surface area contributed by atoms with Crippen molar-refractivity contribution in [1.29, 1.82) is 0 Å². The van der Waals surface area contributed by atoms with Gasteiger partial charge >= 0.3 is 0 Å². The summed E-state index contributed by atoms with van der Waals surface area (Å²) in [7, 11) is -3.28. The first-order valence-corrected chi connectivity index (χ1v) is 5.48. The molecular formula is C6H15N3O2S. The van der Waals surface area contributed by atoms with E-state index in [-0.39, 0.29) is 0 Å². The Bertz CT molecular complexity index is 246. The van der Waals surface area contributed by atoms with Crippen molar-refractivity contribution in [2.45, 2.75) is 20.0 Å². The van der Waals surface area contributed by atoms with E-state index >= 15 is 0 Å². The lowest BCUT2D eigenvalue weighted by atomic mass is 10.6. The first kappa shape index (κ1) is 11.4. The number of aliphatic imine (C=N–C) groups is 1. The number of sulfonamides is 1. The molecule has 0 rings (SSSR count). The Morgan fingerprint density at radius 1 is 1.67 bits per heavy atom. The highest BCUT2D eigenvalue weighted by Crippen LogP contribution is 1.96. The lowest BCUT2D eigenvalue weighted by molar-refractivity contribution is 0.470. The summed E-state index contributed by atoms with van der Waals surface area (Å²) < 4.78 is 23.1. The zero-order valence-corrected chi connectivity index (χ0v) is 8.37. The van der Waals surface area contributed by atoms with Gasteiger partial charge in [-0.1, -0.05) is 0 Å². The van der Waals surface area contributed by atoms with Gasteiger partial charge in [-0.2, -0.15) is 0 Å². The third kappa shape index (κ3) is 3.68. The lowest BCUT2D eigenvalue weighted by Gasteiger charge is -2.20. The van der Waals surface area contributed by atoms with E-state index < -0.39 is 16.2 Å². The minimum Gasteiger partial charge on any atom is -0.311 e. The van der Waals surface area contributed by atoms with Gasteiger partial charge in [0.05, 0.1) is 12.4 Å². The molecule has 0 fully saturated rings. The summed E-state index contributed by atoms with van der Waals surface area (Å²) >= 11 is 0. The summed E-state index contributed by atoms with van der Waals surface area (Å²) in [6.07, 6.45) is 1.77. The van der Waals surface area contributed by atoms with E-state index in [4.69, 9.17) is 5.73 Å². The maximum atomic E-state index is 11.0. The molecule has 0 amide bonds. The summed E-state index contributed by atoms with van der Waals surface area (Å²) in [5.41, 5.74) is 5.42. The zero-order chi connectivity index (χ0) is 9.78. The highest BCUT2D eigenvalue weighted by atomic mass is 32.2. The van der Waals surface area contributed by atoms with Crippen molar-refractivity contribution < 1.29 is 8.42 Å². The summed E-state index contributed by atoms with van der Waals surface area (Å²) in [5, 5.41) is 0. The normalized spacial score (nSPS) is 15.0. The minimum absolute atomic E-state index is 0.540. The van der Waals surface area contributed by atoms with Crippen molar-refractivity contribution in [3.05, 3.63) is 0 Å². The molecule has 0 aliphatic rings. The van der Waals surface area contributed by atoms with E-state index in [9.17, 15) is 8.42 Å². The molecule has 72 valence electrons. The second-order valence-corrected chi connectivity index (χ2v) is 4.34. The van der Waals surface area contributed by atoms with Gasteiger partial charge in [-0.25, -0.2) is 12.7 Å². The summed E-state index contributed by atoms with van der Waals surface area (Å²) in [6, 6.07) is 0. The SMILES string of the molecule is CCN=CN(C(C)N)S(C)(=O)=O. The van der Waals surface area contributed by atoms with Gasteiger partial charge in [0, 0.05) is 6.54 Å². The molecule has 0 aromatic carbocycles. The third-order valence-electron chi connectivity index (χ3n) is 1.16. The fraction of sp³-hybridized carbons (Fsp3) is 0.833. The molecule has 0 aromatic rings. The zero-order valence-electron chi connectivity index (χ0n) is 7.56. The van der Waals surface area contributed by atoms with Crippen molar-refractivity contribution >= 4 is 16.4 Å². The standard InChI is InChI=1S/C6H15N3O2S/c1-4-8-5-9(6(2)7)12(3,10)11/h5-6H,4,7H2,1-3H3. The van der Waals surface area contributed by atoms with Crippen molar-refractivity contribution in [3.8, 4) is 0 Å². The Hall–Kier alpha value is -0.620. The first-order valence-electron chi connectivity index (χ1n) is 3.63. The van der Waals surface area contributed by atoms with Crippen LogP contribution in [0.5, 0.6) is 0 Å². The van der Waals surface area contributed by atoms with Gasteiger partial charge in [0.15, 0.2) is 0 Å². The Labute approximate surface area is 73.3 Å². The Morgan fingerprint density at radius 3 is 2.42 bits per heavy atom. The van der Waals surface area contributed by atoms with Crippen molar-refractivity contribution in [2.75, 3.05) is 12.8 Å². The van der Waals surface area contributed by atoms with Crippen LogP contribution in [0.1, 0.15) is 13.8 Å². The molecule has 0 saturated heterocycles. The molecule has 1 unspecified atom stereocenters. The fourth-order valence-corrected chi connectivity index (χ4v) is 1.50. The van der Waals surface area contributed by atoms with Crippen LogP contribution in [0.4, 0.5) is 0 Å². The average molecular weight is 193 g/mol. The Morgan fingerprint density at radius 2 is 2.17 bits per heavy atom. The van der Waals surface area contributed by atoms with Gasteiger partial charge in [0.2, 0.25) is 10.0 Å². The number of hydrogen-bond acceptors (Lipinski definition) is 4. The second-order valence-electron chi connectivity index (χ2n) is 2.45. The Balaban J connectivity index is 4.58. The molecule has 1 atom stereocenters. The molecular weight excluding hydrogens is 178 g/mol. The first-order chi connectivity index (χ1) is 5.39. The number of nitrogens with two attached hydrogens (primary N) is 1. The van der Waals surface area contributed by atoms with Crippen molar-refractivity contribution in [2.24, 2.45) is 10.7 Å². The van der Waals surface area contributed by atoms with Crippen LogP contribution in [0.15, 0.2) is 4.99 Å². The average Bonchev–Trinajstić information content (AvgIpc) is 1.84. The van der Waals surface area contributed by atoms with Gasteiger partial charge in [-0.15, -0.1) is 0 Å². The second kappa shape index (κ2) is 4.42. The largest absolute Gasteiger partial charge is 0.311 e. The van der Waals surface area contributed by atoms with E-state index in [1.807, 2.05) is 6.92 Å². The highest BCUT2D eigenvalue weighted by Gasteiger charge is 2.15. The van der Waals surface area contributed by atoms with E-state index in [2.05, 4.69) is 4.99 Å². The fourth-order valence-electron chi connectivity index (χ4n) is 0.655. The Kier molecular flexibility index (Phi) is 4.19. The monoisotopic (exact) mass is 193 g/mol. The number of rotatable bonds is 4. The van der Waals surface area contributed by atoms with Crippen LogP contribution < -0.4 is 5.73 Å². The van der Waals surface area contributed by atoms with Gasteiger partial charge in [-0.05, 0) is 13.8 Å². The molecule has 0 bridgehead atoms. The molecule has 2 N–H and O–H groups in total. The van der Waals surface area contributed by atoms with Crippen LogP contribution in [-0.4, -0.2) is 38.0 Å². The predicted octanol–water partition coefficient (Wildman–Crippen LogP) is -0.399. The molecule has 0 saturated carbocycles. The van der Waals surface area contributed by atoms with Crippen molar-refractivity contribution in [1.82, 2.24) is 4.31 Å². The smallest absolute Gasteiger partial charge is 0.234 e. The minimum atomic E-state index is -3.28. The molecule has 12 heavy (non-hydrogen) atoms. The molecule has 0 radical (unpaired) electrons. The van der Waals surface area contributed by atoms with Gasteiger partial charge in [0.1, 0.15) is 6.34 Å². The van der Waals surface area contributed by atoms with E-state index in [1.54, 1.807) is 6.92 Å². The maximum Gasteiger partial charge on any atom is 0.234 e. The van der Waals surface area contributed by atoms with Crippen LogP contribution >= 0.6 is 0 Å². The summed E-state index contributed by atoms with van der Waals surface area (Å²) in [6.45, 7) is 3.94. The van der Waals surface area contributed by atoms with Crippen LogP contribution in [0.3, 0.4) is 0 Å². The molecule has 0 heterocycles. The molecule has 0 aromatic heterocycles. The van der Waals surface area contributed by atoms with E-state index in [0.29, 0.717) is 6.54 Å².